The number of nitrogens with zero attached hydrogens (tertiary/aromatic N) is 2. The van der Waals surface area contributed by atoms with Gasteiger partial charge in [0.2, 0.25) is 15.9 Å². The van der Waals surface area contributed by atoms with E-state index < -0.39 is 35.2 Å². The van der Waals surface area contributed by atoms with Gasteiger partial charge in [-0.2, -0.15) is 17.5 Å². The van der Waals surface area contributed by atoms with Crippen LogP contribution in [-0.2, 0) is 14.8 Å². The van der Waals surface area contributed by atoms with Crippen LogP contribution in [-0.4, -0.2) is 49.9 Å². The molecule has 11 heteroatoms. The summed E-state index contributed by atoms with van der Waals surface area (Å²) in [6, 6.07) is 2.52. The van der Waals surface area contributed by atoms with Crippen LogP contribution >= 0.6 is 0 Å². The summed E-state index contributed by atoms with van der Waals surface area (Å²) in [5, 5.41) is 1.57. The summed E-state index contributed by atoms with van der Waals surface area (Å²) in [6.07, 6.45) is -3.29. The minimum absolute atomic E-state index is 0.264. The fourth-order valence-electron chi connectivity index (χ4n) is 1.33. The van der Waals surface area contributed by atoms with Crippen LogP contribution in [0.2, 0.25) is 0 Å². The van der Waals surface area contributed by atoms with Gasteiger partial charge in [0.05, 0.1) is 6.54 Å². The van der Waals surface area contributed by atoms with Crippen molar-refractivity contribution in [1.29, 1.82) is 0 Å². The van der Waals surface area contributed by atoms with Crippen molar-refractivity contribution in [2.24, 2.45) is 0 Å². The molecule has 1 aromatic rings. The van der Waals surface area contributed by atoms with Crippen molar-refractivity contribution >= 4 is 21.7 Å². The van der Waals surface area contributed by atoms with Crippen LogP contribution in [0.5, 0.6) is 0 Å². The third-order valence-electron chi connectivity index (χ3n) is 2.34. The summed E-state index contributed by atoms with van der Waals surface area (Å²) in [5.41, 5.74) is 5.42. The Labute approximate surface area is 119 Å². The number of pyridine rings is 1. The molecule has 0 fully saturated rings. The van der Waals surface area contributed by atoms with Gasteiger partial charge in [-0.1, -0.05) is 0 Å². The van der Waals surface area contributed by atoms with E-state index in [1.54, 1.807) is 5.32 Å². The minimum Gasteiger partial charge on any atom is -0.383 e. The van der Waals surface area contributed by atoms with Gasteiger partial charge in [0.1, 0.15) is 17.3 Å². The summed E-state index contributed by atoms with van der Waals surface area (Å²) < 4.78 is 60.6. The first-order chi connectivity index (χ1) is 9.54. The molecule has 3 N–H and O–H groups in total. The molecule has 1 rings (SSSR count). The number of nitrogen functional groups attached to an aromatic ring is 1. The van der Waals surface area contributed by atoms with E-state index in [9.17, 15) is 26.4 Å². The van der Waals surface area contributed by atoms with Gasteiger partial charge in [0.15, 0.2) is 0 Å². The second kappa shape index (κ2) is 6.26. The van der Waals surface area contributed by atoms with Crippen LogP contribution in [0.15, 0.2) is 23.2 Å². The number of rotatable bonds is 5. The number of carbonyl (C=O) groups is 1. The van der Waals surface area contributed by atoms with Crippen LogP contribution in [0.4, 0.5) is 19.0 Å². The maximum atomic E-state index is 12.1. The second-order valence-electron chi connectivity index (χ2n) is 4.04. The molecule has 1 heterocycles. The summed E-state index contributed by atoms with van der Waals surface area (Å²) in [4.78, 5) is 14.6. The number of hydrogen-bond donors (Lipinski definition) is 2. The zero-order chi connectivity index (χ0) is 16.3. The lowest BCUT2D eigenvalue weighted by atomic mass is 10.5. The molecule has 0 aliphatic heterocycles. The molecule has 7 nitrogen and oxygen atoms in total. The predicted molar refractivity (Wildman–Crippen MR) is 67.5 cm³/mol. The van der Waals surface area contributed by atoms with E-state index in [2.05, 4.69) is 4.98 Å². The van der Waals surface area contributed by atoms with E-state index in [1.165, 1.54) is 18.3 Å². The molecule has 0 spiro atoms. The van der Waals surface area contributed by atoms with E-state index in [0.29, 0.717) is 4.31 Å². The normalized spacial score (nSPS) is 12.4. The number of amides is 1. The van der Waals surface area contributed by atoms with Crippen molar-refractivity contribution in [3.8, 4) is 0 Å². The Morgan fingerprint density at radius 3 is 2.62 bits per heavy atom. The monoisotopic (exact) mass is 326 g/mol. The van der Waals surface area contributed by atoms with Crippen LogP contribution in [0.25, 0.3) is 0 Å². The maximum absolute atomic E-state index is 12.1. The quantitative estimate of drug-likeness (QED) is 0.790. The van der Waals surface area contributed by atoms with Crippen LogP contribution in [0, 0.1) is 0 Å². The molecule has 0 unspecified atom stereocenters. The molecular weight excluding hydrogens is 313 g/mol. The molecular formula is C10H13F3N4O3S. The van der Waals surface area contributed by atoms with Crippen molar-refractivity contribution in [3.63, 3.8) is 0 Å². The molecule has 0 saturated heterocycles. The highest BCUT2D eigenvalue weighted by Crippen LogP contribution is 2.18. The van der Waals surface area contributed by atoms with E-state index in [1.807, 2.05) is 0 Å². The Bertz CT molecular complexity index is 618. The lowest BCUT2D eigenvalue weighted by Gasteiger charge is -2.17. The fraction of sp³-hybridized carbons (Fsp3) is 0.400. The number of halogens is 3. The zero-order valence-electron chi connectivity index (χ0n) is 10.9. The molecule has 118 valence electrons. The second-order valence-corrected chi connectivity index (χ2v) is 6.05. The highest BCUT2D eigenvalue weighted by Gasteiger charge is 2.29. The Kier molecular flexibility index (Phi) is 5.12. The van der Waals surface area contributed by atoms with Gasteiger partial charge in [-0.15, -0.1) is 0 Å². The first-order valence-electron chi connectivity index (χ1n) is 5.54. The van der Waals surface area contributed by atoms with Crippen molar-refractivity contribution < 1.29 is 26.4 Å². The molecule has 0 aromatic carbocycles. The molecule has 0 bridgehead atoms. The molecule has 21 heavy (non-hydrogen) atoms. The number of anilines is 1. The highest BCUT2D eigenvalue weighted by atomic mass is 32.2. The van der Waals surface area contributed by atoms with Gasteiger partial charge < -0.3 is 11.1 Å². The molecule has 1 amide bonds. The van der Waals surface area contributed by atoms with Gasteiger partial charge in [-0.3, -0.25) is 4.79 Å². The lowest BCUT2D eigenvalue weighted by Crippen LogP contribution is -2.41. The van der Waals surface area contributed by atoms with Crippen LogP contribution < -0.4 is 11.1 Å². The van der Waals surface area contributed by atoms with E-state index >= 15 is 0 Å². The number of aromatic nitrogens is 1. The molecule has 0 aliphatic carbocycles. The van der Waals surface area contributed by atoms with Gasteiger partial charge in [-0.05, 0) is 12.1 Å². The Morgan fingerprint density at radius 2 is 2.10 bits per heavy atom. The Balaban J connectivity index is 2.77. The van der Waals surface area contributed by atoms with E-state index in [4.69, 9.17) is 5.73 Å². The summed E-state index contributed by atoms with van der Waals surface area (Å²) in [7, 11) is -3.06. The molecule has 0 radical (unpaired) electrons. The number of carbonyl (C=O) groups excluding carboxylic acids is 1. The average molecular weight is 326 g/mol. The van der Waals surface area contributed by atoms with Gasteiger partial charge >= 0.3 is 6.18 Å². The molecule has 1 aromatic heterocycles. The SMILES string of the molecule is CN(CC(=O)NCC(F)(F)F)S(=O)(=O)c1cccnc1N. The number of sulfonamides is 1. The number of likely N-dealkylation sites (N-methyl/N-ethyl adjacent to an activating group) is 1. The maximum Gasteiger partial charge on any atom is 0.405 e. The third kappa shape index (κ3) is 4.86. The van der Waals surface area contributed by atoms with Crippen molar-refractivity contribution in [2.45, 2.75) is 11.1 Å². The Hall–Kier alpha value is -1.88. The summed E-state index contributed by atoms with van der Waals surface area (Å²) in [5.74, 6) is -1.35. The summed E-state index contributed by atoms with van der Waals surface area (Å²) >= 11 is 0. The molecule has 0 aliphatic rings. The van der Waals surface area contributed by atoms with Crippen molar-refractivity contribution in [2.75, 3.05) is 25.9 Å². The third-order valence-corrected chi connectivity index (χ3v) is 4.19. The van der Waals surface area contributed by atoms with E-state index in [0.717, 1.165) is 7.05 Å². The van der Waals surface area contributed by atoms with Gasteiger partial charge in [-0.25, -0.2) is 13.4 Å². The minimum atomic E-state index is -4.57. The largest absolute Gasteiger partial charge is 0.405 e. The van der Waals surface area contributed by atoms with Crippen molar-refractivity contribution in [1.82, 2.24) is 14.6 Å². The smallest absolute Gasteiger partial charge is 0.383 e. The predicted octanol–water partition coefficient (Wildman–Crippen LogP) is -0.0372. The van der Waals surface area contributed by atoms with Crippen LogP contribution in [0.3, 0.4) is 0 Å². The first kappa shape index (κ1) is 17.2. The average Bonchev–Trinajstić information content (AvgIpc) is 2.35. The topological polar surface area (TPSA) is 105 Å². The van der Waals surface area contributed by atoms with Crippen LogP contribution in [0.1, 0.15) is 0 Å². The first-order valence-corrected chi connectivity index (χ1v) is 6.98. The molecule has 0 atom stereocenters. The number of nitrogens with two attached hydrogens (primary N) is 1. The zero-order valence-corrected chi connectivity index (χ0v) is 11.7. The Morgan fingerprint density at radius 1 is 1.48 bits per heavy atom. The number of hydrogen-bond acceptors (Lipinski definition) is 5. The number of nitrogens with one attached hydrogen (secondary N) is 1. The van der Waals surface area contributed by atoms with Crippen molar-refractivity contribution in [3.05, 3.63) is 18.3 Å². The lowest BCUT2D eigenvalue weighted by molar-refractivity contribution is -0.138. The standard InChI is InChI=1S/C10H13F3N4O3S/c1-17(5-8(18)16-6-10(11,12)13)21(19,20)7-3-2-4-15-9(7)14/h2-4H,5-6H2,1H3,(H2,14,15)(H,16,18). The highest BCUT2D eigenvalue weighted by molar-refractivity contribution is 7.89. The summed E-state index contributed by atoms with van der Waals surface area (Å²) in [6.45, 7) is -2.30. The van der Waals surface area contributed by atoms with Gasteiger partial charge in [0, 0.05) is 13.2 Å². The molecule has 0 saturated carbocycles. The van der Waals surface area contributed by atoms with Gasteiger partial charge in [0.25, 0.3) is 0 Å². The number of alkyl halides is 3. The van der Waals surface area contributed by atoms with E-state index in [-0.39, 0.29) is 10.7 Å². The fourth-order valence-corrected chi connectivity index (χ4v) is 2.52.